The molecule has 4 aromatic heterocycles. The summed E-state index contributed by atoms with van der Waals surface area (Å²) in [7, 11) is 0. The van der Waals surface area contributed by atoms with Gasteiger partial charge in [0.1, 0.15) is 11.2 Å². The van der Waals surface area contributed by atoms with Crippen LogP contribution in [0.5, 0.6) is 0 Å². The molecular formula is C45H27N5O. The van der Waals surface area contributed by atoms with Crippen molar-refractivity contribution in [2.75, 3.05) is 0 Å². The zero-order valence-corrected chi connectivity index (χ0v) is 27.2. The molecule has 0 atom stereocenters. The first kappa shape index (κ1) is 27.9. The lowest BCUT2D eigenvalue weighted by Gasteiger charge is -2.13. The molecule has 51 heavy (non-hydrogen) atoms. The van der Waals surface area contributed by atoms with Crippen molar-refractivity contribution >= 4 is 65.6 Å². The fourth-order valence-corrected chi connectivity index (χ4v) is 7.73. The summed E-state index contributed by atoms with van der Waals surface area (Å²) in [5, 5.41) is 6.62. The van der Waals surface area contributed by atoms with Crippen LogP contribution >= 0.6 is 0 Å². The third-order valence-electron chi connectivity index (χ3n) is 10.0. The van der Waals surface area contributed by atoms with Crippen molar-refractivity contribution in [3.63, 3.8) is 0 Å². The highest BCUT2D eigenvalue weighted by Gasteiger charge is 2.22. The average Bonchev–Trinajstić information content (AvgIpc) is 3.86. The highest BCUT2D eigenvalue weighted by atomic mass is 16.3. The predicted molar refractivity (Wildman–Crippen MR) is 207 cm³/mol. The lowest BCUT2D eigenvalue weighted by molar-refractivity contribution is 0.669. The van der Waals surface area contributed by atoms with E-state index in [9.17, 15) is 0 Å². The normalized spacial score (nSPS) is 11.9. The van der Waals surface area contributed by atoms with Gasteiger partial charge in [0, 0.05) is 32.3 Å². The van der Waals surface area contributed by atoms with Crippen LogP contribution in [0.25, 0.3) is 100.0 Å². The fourth-order valence-electron chi connectivity index (χ4n) is 7.73. The number of furan rings is 1. The maximum Gasteiger partial charge on any atom is 0.240 e. The Kier molecular flexibility index (Phi) is 5.86. The molecule has 11 rings (SSSR count). The maximum absolute atomic E-state index is 6.53. The summed E-state index contributed by atoms with van der Waals surface area (Å²) in [6.45, 7) is 0. The van der Waals surface area contributed by atoms with E-state index in [-0.39, 0.29) is 0 Å². The smallest absolute Gasteiger partial charge is 0.240 e. The number of rotatable bonds is 4. The Labute approximate surface area is 291 Å². The van der Waals surface area contributed by atoms with Gasteiger partial charge < -0.3 is 4.42 Å². The first-order valence-electron chi connectivity index (χ1n) is 17.0. The van der Waals surface area contributed by atoms with Gasteiger partial charge in [0.2, 0.25) is 11.9 Å². The van der Waals surface area contributed by atoms with Gasteiger partial charge in [-0.05, 0) is 47.5 Å². The first-order chi connectivity index (χ1) is 25.3. The minimum Gasteiger partial charge on any atom is -0.455 e. The van der Waals surface area contributed by atoms with E-state index in [0.717, 1.165) is 82.2 Å². The molecule has 6 nitrogen and oxygen atoms in total. The van der Waals surface area contributed by atoms with Crippen LogP contribution in [0.2, 0.25) is 0 Å². The number of hydrogen-bond donors (Lipinski definition) is 0. The molecule has 0 unspecified atom stereocenters. The summed E-state index contributed by atoms with van der Waals surface area (Å²) < 4.78 is 10.9. The fraction of sp³-hybridized carbons (Fsp3) is 0. The number of para-hydroxylation sites is 5. The maximum atomic E-state index is 6.53. The van der Waals surface area contributed by atoms with Crippen molar-refractivity contribution < 1.29 is 4.42 Å². The van der Waals surface area contributed by atoms with Crippen LogP contribution in [0.4, 0.5) is 0 Å². The molecule has 4 heterocycles. The summed E-state index contributed by atoms with van der Waals surface area (Å²) in [6.07, 6.45) is 0. The Morgan fingerprint density at radius 2 is 0.902 bits per heavy atom. The molecule has 11 aromatic rings. The molecule has 0 amide bonds. The highest BCUT2D eigenvalue weighted by molar-refractivity contribution is 6.11. The van der Waals surface area contributed by atoms with Crippen LogP contribution in [0, 0.1) is 0 Å². The van der Waals surface area contributed by atoms with Gasteiger partial charge in [-0.15, -0.1) is 0 Å². The van der Waals surface area contributed by atoms with E-state index in [1.807, 2.05) is 30.3 Å². The van der Waals surface area contributed by atoms with Crippen LogP contribution in [-0.4, -0.2) is 24.1 Å². The predicted octanol–water partition coefficient (Wildman–Crippen LogP) is 11.3. The molecule has 0 saturated carbocycles. The second-order valence-electron chi connectivity index (χ2n) is 12.9. The van der Waals surface area contributed by atoms with Crippen molar-refractivity contribution in [3.8, 4) is 34.4 Å². The summed E-state index contributed by atoms with van der Waals surface area (Å²) in [4.78, 5) is 15.9. The van der Waals surface area contributed by atoms with Crippen LogP contribution in [0.1, 0.15) is 0 Å². The highest BCUT2D eigenvalue weighted by Crippen LogP contribution is 2.38. The van der Waals surface area contributed by atoms with Gasteiger partial charge in [-0.1, -0.05) is 127 Å². The van der Waals surface area contributed by atoms with Crippen LogP contribution in [0.15, 0.2) is 168 Å². The van der Waals surface area contributed by atoms with Crippen molar-refractivity contribution in [1.29, 1.82) is 0 Å². The number of nitrogens with zero attached hydrogens (tertiary/aromatic N) is 5. The Morgan fingerprint density at radius 3 is 1.57 bits per heavy atom. The third kappa shape index (κ3) is 4.14. The van der Waals surface area contributed by atoms with E-state index in [4.69, 9.17) is 19.4 Å². The molecule has 0 bridgehead atoms. The Bertz CT molecular complexity index is 3100. The summed E-state index contributed by atoms with van der Waals surface area (Å²) in [5.41, 5.74) is 8.74. The van der Waals surface area contributed by atoms with Gasteiger partial charge >= 0.3 is 0 Å². The van der Waals surface area contributed by atoms with Crippen LogP contribution in [0.3, 0.4) is 0 Å². The molecular weight excluding hydrogens is 627 g/mol. The van der Waals surface area contributed by atoms with Gasteiger partial charge in [-0.25, -0.2) is 0 Å². The van der Waals surface area contributed by atoms with Crippen molar-refractivity contribution in [1.82, 2.24) is 24.1 Å². The number of benzene rings is 7. The van der Waals surface area contributed by atoms with Gasteiger partial charge in [-0.2, -0.15) is 15.0 Å². The van der Waals surface area contributed by atoms with Crippen molar-refractivity contribution in [2.24, 2.45) is 0 Å². The second-order valence-corrected chi connectivity index (χ2v) is 12.9. The Morgan fingerprint density at radius 1 is 0.373 bits per heavy atom. The molecule has 0 aliphatic rings. The van der Waals surface area contributed by atoms with Crippen molar-refractivity contribution in [2.45, 2.75) is 0 Å². The summed E-state index contributed by atoms with van der Waals surface area (Å²) >= 11 is 0. The van der Waals surface area contributed by atoms with Crippen LogP contribution in [-0.2, 0) is 0 Å². The van der Waals surface area contributed by atoms with Gasteiger partial charge in [0.15, 0.2) is 5.82 Å². The summed E-state index contributed by atoms with van der Waals surface area (Å²) in [5.74, 6) is 1.60. The molecule has 0 radical (unpaired) electrons. The van der Waals surface area contributed by atoms with E-state index in [1.54, 1.807) is 0 Å². The van der Waals surface area contributed by atoms with Gasteiger partial charge in [0.25, 0.3) is 0 Å². The van der Waals surface area contributed by atoms with Crippen LogP contribution < -0.4 is 0 Å². The lowest BCUT2D eigenvalue weighted by atomic mass is 10.0. The monoisotopic (exact) mass is 653 g/mol. The molecule has 0 spiro atoms. The largest absolute Gasteiger partial charge is 0.455 e. The number of hydrogen-bond acceptors (Lipinski definition) is 4. The zero-order chi connectivity index (χ0) is 33.5. The first-order valence-corrected chi connectivity index (χ1v) is 17.0. The quantitative estimate of drug-likeness (QED) is 0.190. The molecule has 0 aliphatic carbocycles. The SMILES string of the molecule is c1ccc(-c2ccc3c4ccccc4n(-c4nc(-c5cccc6c5oc5ccccc56)nc(-n5c6ccccc6c6ccccc65)n4)c3c2)cc1. The molecule has 6 heteroatoms. The molecule has 0 fully saturated rings. The Balaban J connectivity index is 1.27. The van der Waals surface area contributed by atoms with Gasteiger partial charge in [0.05, 0.1) is 27.6 Å². The molecule has 0 N–H and O–H groups in total. The summed E-state index contributed by atoms with van der Waals surface area (Å²) in [6, 6.07) is 56.8. The minimum absolute atomic E-state index is 0.529. The number of fused-ring (bicyclic) bond motifs is 9. The Hall–Kier alpha value is -7.05. The second kappa shape index (κ2) is 10.7. The van der Waals surface area contributed by atoms with E-state index in [2.05, 4.69) is 143 Å². The lowest BCUT2D eigenvalue weighted by Crippen LogP contribution is -2.10. The van der Waals surface area contributed by atoms with E-state index in [1.165, 1.54) is 0 Å². The van der Waals surface area contributed by atoms with Gasteiger partial charge in [-0.3, -0.25) is 9.13 Å². The van der Waals surface area contributed by atoms with E-state index >= 15 is 0 Å². The third-order valence-corrected chi connectivity index (χ3v) is 10.0. The number of aromatic nitrogens is 5. The molecule has 7 aromatic carbocycles. The van der Waals surface area contributed by atoms with Crippen molar-refractivity contribution in [3.05, 3.63) is 164 Å². The molecule has 0 saturated heterocycles. The topological polar surface area (TPSA) is 61.7 Å². The molecule has 238 valence electrons. The average molecular weight is 654 g/mol. The van der Waals surface area contributed by atoms with E-state index in [0.29, 0.717) is 17.7 Å². The van der Waals surface area contributed by atoms with E-state index < -0.39 is 0 Å². The standard InChI is InChI=1S/C45H27N5O/c1-2-13-28(14-3-1)29-25-26-33-32-17-6-10-23-39(32)50(40(33)27-29)45-47-43(36-20-12-19-35-34-18-7-11-24-41(34)51-42(35)36)46-44(48-45)49-37-21-8-4-15-30(37)31-16-5-9-22-38(31)49/h1-27H. The zero-order valence-electron chi connectivity index (χ0n) is 27.2. The minimum atomic E-state index is 0.529. The molecule has 0 aliphatic heterocycles.